The Kier molecular flexibility index (Phi) is 10.1. The number of pyridine rings is 1. The number of rotatable bonds is 4. The molecule has 0 N–H and O–H groups in total. The van der Waals surface area contributed by atoms with E-state index in [0.29, 0.717) is 0 Å². The van der Waals surface area contributed by atoms with Gasteiger partial charge >= 0.3 is 0 Å². The molecule has 0 aliphatic rings. The molecule has 0 saturated carbocycles. The summed E-state index contributed by atoms with van der Waals surface area (Å²) in [7, 11) is 0. The highest BCUT2D eigenvalue weighted by Gasteiger charge is 2.17. The molecule has 0 aliphatic heterocycles. The summed E-state index contributed by atoms with van der Waals surface area (Å²) in [6, 6.07) is 14.7. The topological polar surface area (TPSA) is 43.1 Å². The maximum absolute atomic E-state index is 4.93. The van der Waals surface area contributed by atoms with Crippen LogP contribution in [0.15, 0.2) is 54.9 Å². The van der Waals surface area contributed by atoms with E-state index < -0.39 is 0 Å². The standard InChI is InChI=1S/C21H20N4.C4H10.C3H8/c1-4-16-10-12-25-19(13-16)24-20(17-7-5-14(2)6-8-17)21(25)18-9-11-22-15(3)23-18;1-3-4-2;1-3-2/h5-13H,4H2,1-3H3;3-4H2,1-2H3;3H2,1-2H3. The maximum Gasteiger partial charge on any atom is 0.138 e. The third kappa shape index (κ3) is 6.49. The summed E-state index contributed by atoms with van der Waals surface area (Å²) in [5.41, 5.74) is 7.40. The van der Waals surface area contributed by atoms with Gasteiger partial charge in [0.2, 0.25) is 0 Å². The van der Waals surface area contributed by atoms with Gasteiger partial charge in [0.05, 0.1) is 17.1 Å². The summed E-state index contributed by atoms with van der Waals surface area (Å²) in [4.78, 5) is 13.8. The Bertz CT molecular complexity index is 1090. The Balaban J connectivity index is 0.000000459. The molecular weight excluding hydrogens is 392 g/mol. The van der Waals surface area contributed by atoms with Gasteiger partial charge < -0.3 is 0 Å². The van der Waals surface area contributed by atoms with Crippen LogP contribution in [-0.4, -0.2) is 19.4 Å². The predicted octanol–water partition coefficient (Wildman–Crippen LogP) is 7.86. The quantitative estimate of drug-likeness (QED) is 0.331. The molecule has 0 fully saturated rings. The van der Waals surface area contributed by atoms with Gasteiger partial charge in [-0.05, 0) is 44.0 Å². The van der Waals surface area contributed by atoms with Crippen LogP contribution in [0.3, 0.4) is 0 Å². The van der Waals surface area contributed by atoms with Crippen LogP contribution in [0.5, 0.6) is 0 Å². The molecule has 4 heteroatoms. The Morgan fingerprint density at radius 1 is 0.812 bits per heavy atom. The van der Waals surface area contributed by atoms with Crippen molar-refractivity contribution in [3.05, 3.63) is 71.8 Å². The highest BCUT2D eigenvalue weighted by atomic mass is 15.0. The molecule has 32 heavy (non-hydrogen) atoms. The molecule has 4 aromatic rings. The zero-order chi connectivity index (χ0) is 23.5. The molecule has 1 aromatic carbocycles. The van der Waals surface area contributed by atoms with Gasteiger partial charge in [-0.2, -0.15) is 0 Å². The van der Waals surface area contributed by atoms with Gasteiger partial charge in [0.15, 0.2) is 0 Å². The molecule has 3 heterocycles. The second-order valence-corrected chi connectivity index (χ2v) is 7.99. The zero-order valence-corrected chi connectivity index (χ0v) is 20.8. The van der Waals surface area contributed by atoms with Gasteiger partial charge in [-0.1, -0.05) is 83.7 Å². The molecule has 3 aromatic heterocycles. The Morgan fingerprint density at radius 2 is 1.47 bits per heavy atom. The molecule has 0 amide bonds. The Morgan fingerprint density at radius 3 is 2.03 bits per heavy atom. The normalized spacial score (nSPS) is 10.2. The predicted molar refractivity (Wildman–Crippen MR) is 137 cm³/mol. The van der Waals surface area contributed by atoms with Crippen molar-refractivity contribution >= 4 is 5.65 Å². The van der Waals surface area contributed by atoms with E-state index in [4.69, 9.17) is 4.98 Å². The first-order valence-corrected chi connectivity index (χ1v) is 11.9. The third-order valence-electron chi connectivity index (χ3n) is 4.94. The number of imidazole rings is 1. The van der Waals surface area contributed by atoms with Crippen LogP contribution >= 0.6 is 0 Å². The minimum atomic E-state index is 0.757. The maximum atomic E-state index is 4.93. The molecular formula is C28H38N4. The van der Waals surface area contributed by atoms with E-state index in [-0.39, 0.29) is 0 Å². The molecule has 0 spiro atoms. The molecule has 0 unspecified atom stereocenters. The van der Waals surface area contributed by atoms with Gasteiger partial charge in [0.1, 0.15) is 11.5 Å². The van der Waals surface area contributed by atoms with Gasteiger partial charge in [-0.15, -0.1) is 0 Å². The van der Waals surface area contributed by atoms with Crippen molar-refractivity contribution in [2.24, 2.45) is 0 Å². The van der Waals surface area contributed by atoms with Crippen molar-refractivity contribution in [3.63, 3.8) is 0 Å². The fourth-order valence-corrected chi connectivity index (χ4v) is 3.05. The number of nitrogens with zero attached hydrogens (tertiary/aromatic N) is 4. The van der Waals surface area contributed by atoms with Gasteiger partial charge in [0, 0.05) is 18.0 Å². The van der Waals surface area contributed by atoms with Crippen LogP contribution in [0, 0.1) is 13.8 Å². The first-order valence-electron chi connectivity index (χ1n) is 11.9. The SMILES string of the molecule is CCC.CCCC.CCc1ccn2c(-c3ccnc(C)n3)c(-c3ccc(C)cc3)nc2c1. The molecule has 0 saturated heterocycles. The number of aromatic nitrogens is 4. The molecule has 0 radical (unpaired) electrons. The van der Waals surface area contributed by atoms with Crippen LogP contribution in [0.25, 0.3) is 28.3 Å². The lowest BCUT2D eigenvalue weighted by molar-refractivity contribution is 0.886. The highest BCUT2D eigenvalue weighted by molar-refractivity contribution is 5.80. The summed E-state index contributed by atoms with van der Waals surface area (Å²) in [6.07, 6.45) is 8.77. The minimum Gasteiger partial charge on any atom is -0.298 e. The van der Waals surface area contributed by atoms with Crippen molar-refractivity contribution in [1.82, 2.24) is 19.4 Å². The lowest BCUT2D eigenvalue weighted by atomic mass is 10.1. The summed E-state index contributed by atoms with van der Waals surface area (Å²) >= 11 is 0. The minimum absolute atomic E-state index is 0.757. The Hall–Kier alpha value is -3.01. The van der Waals surface area contributed by atoms with Crippen molar-refractivity contribution < 1.29 is 0 Å². The van der Waals surface area contributed by atoms with Crippen LogP contribution < -0.4 is 0 Å². The van der Waals surface area contributed by atoms with Crippen LogP contribution in [0.1, 0.15) is 70.8 Å². The van der Waals surface area contributed by atoms with E-state index >= 15 is 0 Å². The lowest BCUT2D eigenvalue weighted by Gasteiger charge is -2.06. The molecule has 4 nitrogen and oxygen atoms in total. The second kappa shape index (κ2) is 12.7. The summed E-state index contributed by atoms with van der Waals surface area (Å²) in [5.74, 6) is 0.757. The first-order chi connectivity index (χ1) is 15.5. The van der Waals surface area contributed by atoms with Gasteiger partial charge in [-0.3, -0.25) is 4.40 Å². The molecule has 4 rings (SSSR count). The molecule has 0 aliphatic carbocycles. The molecule has 0 atom stereocenters. The smallest absolute Gasteiger partial charge is 0.138 e. The average Bonchev–Trinajstić information content (AvgIpc) is 3.19. The number of hydrogen-bond donors (Lipinski definition) is 0. The van der Waals surface area contributed by atoms with Gasteiger partial charge in [0.25, 0.3) is 0 Å². The van der Waals surface area contributed by atoms with E-state index in [1.54, 1.807) is 6.20 Å². The lowest BCUT2D eigenvalue weighted by Crippen LogP contribution is -1.95. The van der Waals surface area contributed by atoms with E-state index in [2.05, 4.69) is 98.5 Å². The first kappa shape index (κ1) is 25.3. The number of unbranched alkanes of at least 4 members (excludes halogenated alkanes) is 1. The number of fused-ring (bicyclic) bond motifs is 1. The molecule has 170 valence electrons. The average molecular weight is 431 g/mol. The number of aryl methyl sites for hydroxylation is 3. The summed E-state index contributed by atoms with van der Waals surface area (Å²) < 4.78 is 2.12. The Labute approximate surface area is 193 Å². The van der Waals surface area contributed by atoms with Crippen molar-refractivity contribution in [3.8, 4) is 22.6 Å². The largest absolute Gasteiger partial charge is 0.298 e. The monoisotopic (exact) mass is 430 g/mol. The van der Waals surface area contributed by atoms with Crippen molar-refractivity contribution in [2.75, 3.05) is 0 Å². The van der Waals surface area contributed by atoms with E-state index in [9.17, 15) is 0 Å². The van der Waals surface area contributed by atoms with Crippen LogP contribution in [0.2, 0.25) is 0 Å². The van der Waals surface area contributed by atoms with E-state index in [1.807, 2.05) is 13.0 Å². The van der Waals surface area contributed by atoms with Crippen LogP contribution in [-0.2, 0) is 6.42 Å². The van der Waals surface area contributed by atoms with Crippen molar-refractivity contribution in [1.29, 1.82) is 0 Å². The second-order valence-electron chi connectivity index (χ2n) is 7.99. The number of benzene rings is 1. The fourth-order valence-electron chi connectivity index (χ4n) is 3.05. The third-order valence-corrected chi connectivity index (χ3v) is 4.94. The van der Waals surface area contributed by atoms with E-state index in [0.717, 1.165) is 40.5 Å². The van der Waals surface area contributed by atoms with Crippen LogP contribution in [0.4, 0.5) is 0 Å². The fraction of sp³-hybridized carbons (Fsp3) is 0.393. The van der Waals surface area contributed by atoms with E-state index in [1.165, 1.54) is 30.4 Å². The molecule has 0 bridgehead atoms. The van der Waals surface area contributed by atoms with Crippen molar-refractivity contribution in [2.45, 2.75) is 74.1 Å². The highest BCUT2D eigenvalue weighted by Crippen LogP contribution is 2.32. The summed E-state index contributed by atoms with van der Waals surface area (Å²) in [5, 5.41) is 0. The summed E-state index contributed by atoms with van der Waals surface area (Å²) in [6.45, 7) is 14.8. The van der Waals surface area contributed by atoms with Gasteiger partial charge in [-0.25, -0.2) is 15.0 Å². The number of hydrogen-bond acceptors (Lipinski definition) is 3. The zero-order valence-electron chi connectivity index (χ0n) is 20.8.